The zero-order chi connectivity index (χ0) is 11.3. The summed E-state index contributed by atoms with van der Waals surface area (Å²) in [5.74, 6) is -0.278. The van der Waals surface area contributed by atoms with Crippen LogP contribution >= 0.6 is 0 Å². The normalized spacial score (nSPS) is 12.5. The van der Waals surface area contributed by atoms with Gasteiger partial charge in [-0.2, -0.15) is 0 Å². The van der Waals surface area contributed by atoms with Crippen molar-refractivity contribution in [2.24, 2.45) is 5.73 Å². The van der Waals surface area contributed by atoms with E-state index in [2.05, 4.69) is 0 Å². The molecule has 0 aromatic heterocycles. The molecule has 3 N–H and O–H groups in total. The molecule has 0 aliphatic carbocycles. The van der Waals surface area contributed by atoms with Gasteiger partial charge in [-0.25, -0.2) is 4.39 Å². The minimum absolute atomic E-state index is 0.0269. The second-order valence-electron chi connectivity index (χ2n) is 3.34. The molecule has 15 heavy (non-hydrogen) atoms. The van der Waals surface area contributed by atoms with Crippen molar-refractivity contribution in [3.63, 3.8) is 0 Å². The van der Waals surface area contributed by atoms with Gasteiger partial charge < -0.3 is 15.7 Å². The highest BCUT2D eigenvalue weighted by Gasteiger charge is 2.15. The van der Waals surface area contributed by atoms with Crippen molar-refractivity contribution < 1.29 is 9.50 Å². The maximum atomic E-state index is 13.0. The first kappa shape index (κ1) is 11.9. The average molecular weight is 212 g/mol. The SMILES string of the molecule is CCN(c1cccc(F)c1)C(CN)CO. The fourth-order valence-corrected chi connectivity index (χ4v) is 1.61. The highest BCUT2D eigenvalue weighted by molar-refractivity contribution is 5.47. The van der Waals surface area contributed by atoms with E-state index in [1.807, 2.05) is 17.9 Å². The zero-order valence-corrected chi connectivity index (χ0v) is 8.86. The lowest BCUT2D eigenvalue weighted by Gasteiger charge is -2.30. The number of hydrogen-bond acceptors (Lipinski definition) is 3. The lowest BCUT2D eigenvalue weighted by molar-refractivity contribution is 0.262. The molecule has 1 unspecified atom stereocenters. The Kier molecular flexibility index (Phi) is 4.52. The highest BCUT2D eigenvalue weighted by atomic mass is 19.1. The molecule has 0 heterocycles. The van der Waals surface area contributed by atoms with E-state index in [1.54, 1.807) is 6.07 Å². The molecular formula is C11H17FN2O. The van der Waals surface area contributed by atoms with Crippen LogP contribution in [-0.2, 0) is 0 Å². The molecule has 0 amide bonds. The van der Waals surface area contributed by atoms with Crippen molar-refractivity contribution in [3.8, 4) is 0 Å². The van der Waals surface area contributed by atoms with Crippen LogP contribution in [0.2, 0.25) is 0 Å². The van der Waals surface area contributed by atoms with Crippen molar-refractivity contribution in [2.75, 3.05) is 24.6 Å². The first-order valence-corrected chi connectivity index (χ1v) is 5.06. The van der Waals surface area contributed by atoms with Gasteiger partial charge in [-0.05, 0) is 25.1 Å². The smallest absolute Gasteiger partial charge is 0.125 e. The summed E-state index contributed by atoms with van der Waals surface area (Å²) in [6.07, 6.45) is 0. The van der Waals surface area contributed by atoms with Crippen LogP contribution in [0.25, 0.3) is 0 Å². The van der Waals surface area contributed by atoms with E-state index in [-0.39, 0.29) is 18.5 Å². The Morgan fingerprint density at radius 2 is 2.27 bits per heavy atom. The Morgan fingerprint density at radius 3 is 2.73 bits per heavy atom. The molecule has 0 aliphatic heterocycles. The largest absolute Gasteiger partial charge is 0.394 e. The summed E-state index contributed by atoms with van der Waals surface area (Å²) in [6, 6.07) is 6.15. The van der Waals surface area contributed by atoms with Gasteiger partial charge in [0.1, 0.15) is 5.82 Å². The lowest BCUT2D eigenvalue weighted by Crippen LogP contribution is -2.43. The predicted octanol–water partition coefficient (Wildman–Crippen LogP) is 0.972. The van der Waals surface area contributed by atoms with Crippen molar-refractivity contribution >= 4 is 5.69 Å². The molecule has 1 aromatic rings. The Hall–Kier alpha value is -1.13. The fraction of sp³-hybridized carbons (Fsp3) is 0.455. The summed E-state index contributed by atoms with van der Waals surface area (Å²) >= 11 is 0. The average Bonchev–Trinajstić information content (AvgIpc) is 2.25. The minimum Gasteiger partial charge on any atom is -0.394 e. The Labute approximate surface area is 89.3 Å². The summed E-state index contributed by atoms with van der Waals surface area (Å²) in [5, 5.41) is 9.14. The van der Waals surface area contributed by atoms with Crippen molar-refractivity contribution in [1.82, 2.24) is 0 Å². The topological polar surface area (TPSA) is 49.5 Å². The third kappa shape index (κ3) is 2.91. The molecule has 1 aromatic carbocycles. The van der Waals surface area contributed by atoms with Crippen molar-refractivity contribution in [3.05, 3.63) is 30.1 Å². The number of likely N-dealkylation sites (N-methyl/N-ethyl adjacent to an activating group) is 1. The quantitative estimate of drug-likeness (QED) is 0.764. The fourth-order valence-electron chi connectivity index (χ4n) is 1.61. The lowest BCUT2D eigenvalue weighted by atomic mass is 10.2. The van der Waals surface area contributed by atoms with E-state index < -0.39 is 0 Å². The maximum absolute atomic E-state index is 13.0. The van der Waals surface area contributed by atoms with Gasteiger partial charge in [0.15, 0.2) is 0 Å². The first-order chi connectivity index (χ1) is 7.22. The summed E-state index contributed by atoms with van der Waals surface area (Å²) in [7, 11) is 0. The zero-order valence-electron chi connectivity index (χ0n) is 8.86. The highest BCUT2D eigenvalue weighted by Crippen LogP contribution is 2.17. The monoisotopic (exact) mass is 212 g/mol. The standard InChI is InChI=1S/C11H17FN2O/c1-2-14(11(7-13)8-15)10-5-3-4-9(12)6-10/h3-6,11,15H,2,7-8,13H2,1H3. The van der Waals surface area contributed by atoms with Crippen LogP contribution in [0.15, 0.2) is 24.3 Å². The van der Waals surface area contributed by atoms with Gasteiger partial charge in [-0.3, -0.25) is 0 Å². The summed E-state index contributed by atoms with van der Waals surface area (Å²) < 4.78 is 13.0. The Bertz CT molecular complexity index is 302. The third-order valence-electron chi connectivity index (χ3n) is 2.40. The Balaban J connectivity index is 2.90. The molecule has 1 atom stereocenters. The molecule has 0 spiro atoms. The van der Waals surface area contributed by atoms with Gasteiger partial charge in [0.2, 0.25) is 0 Å². The maximum Gasteiger partial charge on any atom is 0.125 e. The number of benzene rings is 1. The van der Waals surface area contributed by atoms with E-state index in [1.165, 1.54) is 12.1 Å². The number of hydrogen-bond donors (Lipinski definition) is 2. The summed E-state index contributed by atoms with van der Waals surface area (Å²) in [4.78, 5) is 1.89. The van der Waals surface area contributed by atoms with Crippen LogP contribution in [-0.4, -0.2) is 30.8 Å². The molecule has 4 heteroatoms. The molecule has 0 radical (unpaired) electrons. The predicted molar refractivity (Wildman–Crippen MR) is 59.3 cm³/mol. The number of rotatable bonds is 5. The molecule has 0 aliphatic rings. The number of nitrogens with two attached hydrogens (primary N) is 1. The molecule has 0 fully saturated rings. The van der Waals surface area contributed by atoms with Crippen molar-refractivity contribution in [2.45, 2.75) is 13.0 Å². The van der Waals surface area contributed by atoms with E-state index >= 15 is 0 Å². The van der Waals surface area contributed by atoms with E-state index in [0.717, 1.165) is 5.69 Å². The van der Waals surface area contributed by atoms with Crippen LogP contribution in [0.1, 0.15) is 6.92 Å². The van der Waals surface area contributed by atoms with Crippen LogP contribution in [0, 0.1) is 5.82 Å². The number of anilines is 1. The van der Waals surface area contributed by atoms with E-state index in [9.17, 15) is 4.39 Å². The van der Waals surface area contributed by atoms with Crippen LogP contribution in [0.5, 0.6) is 0 Å². The van der Waals surface area contributed by atoms with Gasteiger partial charge in [0, 0.05) is 18.8 Å². The number of aliphatic hydroxyl groups is 1. The van der Waals surface area contributed by atoms with Gasteiger partial charge in [0.05, 0.1) is 12.6 Å². The van der Waals surface area contributed by atoms with Gasteiger partial charge in [-0.15, -0.1) is 0 Å². The molecule has 0 saturated heterocycles. The molecule has 0 saturated carbocycles. The number of halogens is 1. The van der Waals surface area contributed by atoms with Gasteiger partial charge >= 0.3 is 0 Å². The van der Waals surface area contributed by atoms with Gasteiger partial charge in [-0.1, -0.05) is 6.07 Å². The Morgan fingerprint density at radius 1 is 1.53 bits per heavy atom. The van der Waals surface area contributed by atoms with Crippen LogP contribution in [0.4, 0.5) is 10.1 Å². The van der Waals surface area contributed by atoms with E-state index in [4.69, 9.17) is 10.8 Å². The summed E-state index contributed by atoms with van der Waals surface area (Å²) in [6.45, 7) is 2.96. The first-order valence-electron chi connectivity index (χ1n) is 5.06. The molecule has 1 rings (SSSR count). The number of aliphatic hydroxyl groups excluding tert-OH is 1. The second kappa shape index (κ2) is 5.68. The summed E-state index contributed by atoms with van der Waals surface area (Å²) in [5.41, 5.74) is 6.29. The van der Waals surface area contributed by atoms with Gasteiger partial charge in [0.25, 0.3) is 0 Å². The van der Waals surface area contributed by atoms with E-state index in [0.29, 0.717) is 13.1 Å². The van der Waals surface area contributed by atoms with Crippen LogP contribution in [0.3, 0.4) is 0 Å². The molecular weight excluding hydrogens is 195 g/mol. The van der Waals surface area contributed by atoms with Crippen LogP contribution < -0.4 is 10.6 Å². The number of nitrogens with zero attached hydrogens (tertiary/aromatic N) is 1. The molecule has 3 nitrogen and oxygen atoms in total. The molecule has 0 bridgehead atoms. The minimum atomic E-state index is -0.278. The second-order valence-corrected chi connectivity index (χ2v) is 3.34. The molecule has 84 valence electrons. The van der Waals surface area contributed by atoms with Crippen molar-refractivity contribution in [1.29, 1.82) is 0 Å². The third-order valence-corrected chi connectivity index (χ3v) is 2.40.